The first-order chi connectivity index (χ1) is 11.8. The molecule has 1 spiro atoms. The fraction of sp³-hybridized carbons (Fsp3) is 0.833. The molecule has 142 valence electrons. The minimum atomic E-state index is -1.37. The summed E-state index contributed by atoms with van der Waals surface area (Å²) in [6.07, 6.45) is 1.19. The molecule has 0 unspecified atom stereocenters. The molecule has 0 aromatic heterocycles. The molecule has 0 bridgehead atoms. The molecule has 0 aromatic carbocycles. The average Bonchev–Trinajstić information content (AvgIpc) is 2.78. The monoisotopic (exact) mass is 354 g/mol. The van der Waals surface area contributed by atoms with Crippen molar-refractivity contribution in [3.63, 3.8) is 0 Å². The van der Waals surface area contributed by atoms with Gasteiger partial charge in [-0.25, -0.2) is 0 Å². The maximum atomic E-state index is 12.6. The molecule has 2 atom stereocenters. The molecule has 2 rings (SSSR count). The van der Waals surface area contributed by atoms with E-state index in [0.717, 1.165) is 12.8 Å². The van der Waals surface area contributed by atoms with Crippen molar-refractivity contribution in [1.82, 2.24) is 9.80 Å². The lowest BCUT2D eigenvalue weighted by Gasteiger charge is -2.46. The number of hydrogen-bond acceptors (Lipinski definition) is 5. The number of aliphatic hydroxyl groups excluding tert-OH is 1. The zero-order valence-electron chi connectivity index (χ0n) is 15.7. The molecule has 0 radical (unpaired) electrons. The highest BCUT2D eigenvalue weighted by Gasteiger charge is 2.61. The summed E-state index contributed by atoms with van der Waals surface area (Å²) < 4.78 is 5.11. The number of esters is 1. The van der Waals surface area contributed by atoms with Crippen molar-refractivity contribution < 1.29 is 24.2 Å². The number of amides is 2. The lowest BCUT2D eigenvalue weighted by atomic mass is 9.76. The van der Waals surface area contributed by atoms with Crippen LogP contribution in [-0.4, -0.2) is 71.1 Å². The summed E-state index contributed by atoms with van der Waals surface area (Å²) in [6.45, 7) is 6.89. The zero-order valence-corrected chi connectivity index (χ0v) is 15.7. The van der Waals surface area contributed by atoms with Gasteiger partial charge in [-0.2, -0.15) is 0 Å². The largest absolute Gasteiger partial charge is 0.466 e. The number of likely N-dealkylation sites (tertiary alicyclic amines) is 2. The van der Waals surface area contributed by atoms with Crippen molar-refractivity contribution in [3.05, 3.63) is 0 Å². The van der Waals surface area contributed by atoms with E-state index in [4.69, 9.17) is 4.74 Å². The molecule has 0 aliphatic carbocycles. The number of aliphatic hydroxyl groups is 1. The Morgan fingerprint density at radius 3 is 2.28 bits per heavy atom. The first-order valence-corrected chi connectivity index (χ1v) is 9.25. The van der Waals surface area contributed by atoms with Gasteiger partial charge in [0.1, 0.15) is 12.0 Å². The number of carbonyl (C=O) groups excluding carboxylic acids is 3. The molecular weight excluding hydrogens is 324 g/mol. The number of rotatable bonds is 5. The first-order valence-electron chi connectivity index (χ1n) is 9.25. The molecule has 2 heterocycles. The van der Waals surface area contributed by atoms with E-state index >= 15 is 0 Å². The van der Waals surface area contributed by atoms with E-state index in [1.54, 1.807) is 14.0 Å². The van der Waals surface area contributed by atoms with Crippen molar-refractivity contribution in [3.8, 4) is 0 Å². The topological polar surface area (TPSA) is 87.2 Å². The Balaban J connectivity index is 2.19. The van der Waals surface area contributed by atoms with Crippen LogP contribution in [0.4, 0.5) is 0 Å². The van der Waals surface area contributed by atoms with E-state index < -0.39 is 29.4 Å². The summed E-state index contributed by atoms with van der Waals surface area (Å²) in [5, 5.41) is 10.3. The quantitative estimate of drug-likeness (QED) is 0.738. The van der Waals surface area contributed by atoms with Crippen LogP contribution in [0, 0.1) is 11.8 Å². The molecule has 2 aliphatic heterocycles. The molecule has 0 aromatic rings. The van der Waals surface area contributed by atoms with E-state index in [1.165, 1.54) is 4.90 Å². The second-order valence-electron chi connectivity index (χ2n) is 7.01. The van der Waals surface area contributed by atoms with Crippen LogP contribution >= 0.6 is 0 Å². The summed E-state index contributed by atoms with van der Waals surface area (Å²) >= 11 is 0. The van der Waals surface area contributed by atoms with Crippen molar-refractivity contribution in [2.24, 2.45) is 11.8 Å². The maximum absolute atomic E-state index is 12.6. The third-order valence-electron chi connectivity index (χ3n) is 5.96. The third kappa shape index (κ3) is 3.26. The lowest BCUT2D eigenvalue weighted by Crippen LogP contribution is -2.58. The van der Waals surface area contributed by atoms with E-state index in [9.17, 15) is 19.5 Å². The molecule has 2 fully saturated rings. The molecule has 7 nitrogen and oxygen atoms in total. The van der Waals surface area contributed by atoms with Gasteiger partial charge in [-0.3, -0.25) is 14.4 Å². The van der Waals surface area contributed by atoms with Crippen LogP contribution in [0.15, 0.2) is 0 Å². The highest BCUT2D eigenvalue weighted by molar-refractivity contribution is 5.92. The summed E-state index contributed by atoms with van der Waals surface area (Å²) in [7, 11) is 1.63. The molecular formula is C18H30N2O5. The van der Waals surface area contributed by atoms with Gasteiger partial charge in [0.25, 0.3) is 5.91 Å². The Morgan fingerprint density at radius 2 is 1.80 bits per heavy atom. The minimum absolute atomic E-state index is 0.0171. The zero-order chi connectivity index (χ0) is 18.8. The Labute approximate surface area is 149 Å². The second-order valence-corrected chi connectivity index (χ2v) is 7.01. The molecule has 7 heteroatoms. The van der Waals surface area contributed by atoms with Gasteiger partial charge in [0.15, 0.2) is 0 Å². The summed E-state index contributed by atoms with van der Waals surface area (Å²) in [4.78, 5) is 40.6. The van der Waals surface area contributed by atoms with Gasteiger partial charge in [0.05, 0.1) is 12.1 Å². The predicted octanol–water partition coefficient (Wildman–Crippen LogP) is 0.796. The fourth-order valence-corrected chi connectivity index (χ4v) is 4.30. The number of likely N-dealkylation sites (N-methyl/N-ethyl adjacent to an activating group) is 1. The van der Waals surface area contributed by atoms with Crippen LogP contribution in [0.25, 0.3) is 0 Å². The molecule has 2 aliphatic rings. The van der Waals surface area contributed by atoms with Crippen LogP contribution in [-0.2, 0) is 19.1 Å². The Morgan fingerprint density at radius 1 is 1.24 bits per heavy atom. The normalized spacial score (nSPS) is 25.8. The highest BCUT2D eigenvalue weighted by atomic mass is 16.5. The maximum Gasteiger partial charge on any atom is 0.314 e. The van der Waals surface area contributed by atoms with Gasteiger partial charge in [-0.1, -0.05) is 13.8 Å². The summed E-state index contributed by atoms with van der Waals surface area (Å²) in [5.74, 6) is -1.72. The van der Waals surface area contributed by atoms with E-state index in [1.807, 2.05) is 18.7 Å². The van der Waals surface area contributed by atoms with Crippen LogP contribution in [0.3, 0.4) is 0 Å². The summed E-state index contributed by atoms with van der Waals surface area (Å²) in [5.41, 5.74) is -0.770. The molecule has 2 amide bonds. The SMILES string of the molecule is CCOC(=O)[C@H]1[C@@H](O)C(=O)N(C)C12CCN(C(=O)C(CC)CC)CC2. The van der Waals surface area contributed by atoms with E-state index in [0.29, 0.717) is 25.9 Å². The van der Waals surface area contributed by atoms with Gasteiger partial charge in [0, 0.05) is 26.1 Å². The highest BCUT2D eigenvalue weighted by Crippen LogP contribution is 2.43. The average molecular weight is 354 g/mol. The van der Waals surface area contributed by atoms with E-state index in [-0.39, 0.29) is 18.4 Å². The smallest absolute Gasteiger partial charge is 0.314 e. The second kappa shape index (κ2) is 7.72. The molecule has 0 saturated carbocycles. The number of piperidine rings is 1. The van der Waals surface area contributed by atoms with Crippen molar-refractivity contribution in [1.29, 1.82) is 0 Å². The van der Waals surface area contributed by atoms with Gasteiger partial charge < -0.3 is 19.6 Å². The van der Waals surface area contributed by atoms with Gasteiger partial charge >= 0.3 is 5.97 Å². The Hall–Kier alpha value is -1.63. The Bertz CT molecular complexity index is 524. The van der Waals surface area contributed by atoms with Crippen molar-refractivity contribution in [2.45, 2.75) is 58.1 Å². The third-order valence-corrected chi connectivity index (χ3v) is 5.96. The van der Waals surface area contributed by atoms with Gasteiger partial charge in [0.2, 0.25) is 5.91 Å². The van der Waals surface area contributed by atoms with Gasteiger partial charge in [-0.05, 0) is 32.6 Å². The van der Waals surface area contributed by atoms with E-state index in [2.05, 4.69) is 0 Å². The number of ether oxygens (including phenoxy) is 1. The standard InChI is InChI=1S/C18H30N2O5/c1-5-12(6-2)15(22)20-10-8-18(9-11-20)13(17(24)25-7-3)14(21)16(23)19(18)4/h12-14,21H,5-11H2,1-4H3/t13-,14-/m1/s1. The first kappa shape index (κ1) is 19.7. The van der Waals surface area contributed by atoms with Gasteiger partial charge in [-0.15, -0.1) is 0 Å². The fourth-order valence-electron chi connectivity index (χ4n) is 4.30. The number of nitrogens with zero attached hydrogens (tertiary/aromatic N) is 2. The van der Waals surface area contributed by atoms with Crippen LogP contribution in [0.2, 0.25) is 0 Å². The van der Waals surface area contributed by atoms with Crippen LogP contribution in [0.5, 0.6) is 0 Å². The van der Waals surface area contributed by atoms with Crippen LogP contribution in [0.1, 0.15) is 46.5 Å². The molecule has 2 saturated heterocycles. The molecule has 1 N–H and O–H groups in total. The summed E-state index contributed by atoms with van der Waals surface area (Å²) in [6, 6.07) is 0. The lowest BCUT2D eigenvalue weighted by molar-refractivity contribution is -0.156. The predicted molar refractivity (Wildman–Crippen MR) is 91.5 cm³/mol. The number of hydrogen-bond donors (Lipinski definition) is 1. The Kier molecular flexibility index (Phi) is 6.08. The molecule has 25 heavy (non-hydrogen) atoms. The van der Waals surface area contributed by atoms with Crippen molar-refractivity contribution >= 4 is 17.8 Å². The van der Waals surface area contributed by atoms with Crippen molar-refractivity contribution in [2.75, 3.05) is 26.7 Å². The minimum Gasteiger partial charge on any atom is -0.466 e. The number of carbonyl (C=O) groups is 3. The van der Waals surface area contributed by atoms with Crippen LogP contribution < -0.4 is 0 Å².